The fourth-order valence-corrected chi connectivity index (χ4v) is 1.50. The molecule has 11 heteroatoms. The van der Waals surface area contributed by atoms with Gasteiger partial charge in [-0.15, -0.1) is 0 Å². The molecule has 11 nitrogen and oxygen atoms in total. The highest BCUT2D eigenvalue weighted by atomic mass is 16.4. The van der Waals surface area contributed by atoms with Gasteiger partial charge in [0.15, 0.2) is 0 Å². The maximum absolute atomic E-state index is 10.5. The standard InChI is InChI=1S/C8H6O4.C6H4O5.C2H6O2/c9-7(10)5-3-1-2-4-6(5)8(11)12;7-5(8)3-1-2-11-4(3)6(9)10;3-1-2-4/h1-4H,(H,9,10)(H,11,12);1-2H,(H,7,8)(H,9,10);3-4H,1-2H2. The van der Waals surface area contributed by atoms with Crippen molar-refractivity contribution < 1.29 is 54.2 Å². The number of rotatable bonds is 5. The predicted molar refractivity (Wildman–Crippen MR) is 87.2 cm³/mol. The van der Waals surface area contributed by atoms with Crippen molar-refractivity contribution in [2.45, 2.75) is 0 Å². The number of furan rings is 1. The van der Waals surface area contributed by atoms with Crippen LogP contribution in [0.3, 0.4) is 0 Å². The van der Waals surface area contributed by atoms with Gasteiger partial charge >= 0.3 is 23.9 Å². The van der Waals surface area contributed by atoms with Gasteiger partial charge in [-0.05, 0) is 18.2 Å². The Morgan fingerprint density at radius 2 is 1.07 bits per heavy atom. The van der Waals surface area contributed by atoms with E-state index in [0.717, 1.165) is 12.3 Å². The zero-order valence-electron chi connectivity index (χ0n) is 13.6. The molecule has 0 aliphatic rings. The highest BCUT2D eigenvalue weighted by molar-refractivity contribution is 6.01. The largest absolute Gasteiger partial charge is 0.478 e. The van der Waals surface area contributed by atoms with E-state index in [4.69, 9.17) is 30.6 Å². The molecular formula is C16H16O11. The van der Waals surface area contributed by atoms with Gasteiger partial charge in [-0.3, -0.25) is 0 Å². The SMILES string of the molecule is O=C(O)c1ccccc1C(=O)O.O=C(O)c1ccoc1C(=O)O.OCCO. The highest BCUT2D eigenvalue weighted by Gasteiger charge is 2.18. The summed E-state index contributed by atoms with van der Waals surface area (Å²) >= 11 is 0. The molecule has 0 bridgehead atoms. The van der Waals surface area contributed by atoms with E-state index in [-0.39, 0.29) is 29.9 Å². The van der Waals surface area contributed by atoms with Crippen LogP contribution >= 0.6 is 0 Å². The van der Waals surface area contributed by atoms with E-state index in [9.17, 15) is 19.2 Å². The molecule has 0 aliphatic heterocycles. The number of carbonyl (C=O) groups is 4. The van der Waals surface area contributed by atoms with Crippen molar-refractivity contribution in [2.24, 2.45) is 0 Å². The molecule has 0 spiro atoms. The zero-order valence-corrected chi connectivity index (χ0v) is 13.6. The van der Waals surface area contributed by atoms with Crippen LogP contribution in [0.2, 0.25) is 0 Å². The first-order valence-corrected chi connectivity index (χ1v) is 6.98. The fourth-order valence-electron chi connectivity index (χ4n) is 1.50. The molecule has 0 amide bonds. The van der Waals surface area contributed by atoms with Crippen molar-refractivity contribution in [1.29, 1.82) is 0 Å². The third-order valence-corrected chi connectivity index (χ3v) is 2.58. The lowest BCUT2D eigenvalue weighted by molar-refractivity contribution is 0.0625. The Kier molecular flexibility index (Phi) is 10.2. The smallest absolute Gasteiger partial charge is 0.372 e. The van der Waals surface area contributed by atoms with Crippen LogP contribution in [0, 0.1) is 0 Å². The summed E-state index contributed by atoms with van der Waals surface area (Å²) in [6.45, 7) is -0.250. The summed E-state index contributed by atoms with van der Waals surface area (Å²) in [6.07, 6.45) is 1.02. The number of carboxylic acid groups (broad SMARTS) is 4. The van der Waals surface area contributed by atoms with Gasteiger partial charge in [-0.1, -0.05) is 12.1 Å². The van der Waals surface area contributed by atoms with Gasteiger partial charge in [0.1, 0.15) is 5.56 Å². The Balaban J connectivity index is 0.000000421. The highest BCUT2D eigenvalue weighted by Crippen LogP contribution is 2.09. The molecule has 0 saturated heterocycles. The van der Waals surface area contributed by atoms with Gasteiger partial charge in [0.05, 0.1) is 30.6 Å². The van der Waals surface area contributed by atoms with Crippen LogP contribution < -0.4 is 0 Å². The van der Waals surface area contributed by atoms with Crippen molar-refractivity contribution in [3.05, 3.63) is 59.0 Å². The molecule has 0 aliphatic carbocycles. The summed E-state index contributed by atoms with van der Waals surface area (Å²) in [4.78, 5) is 41.4. The second-order valence-electron chi connectivity index (χ2n) is 4.38. The second kappa shape index (κ2) is 11.8. The quantitative estimate of drug-likeness (QED) is 0.424. The van der Waals surface area contributed by atoms with Crippen molar-refractivity contribution in [3.63, 3.8) is 0 Å². The first-order chi connectivity index (χ1) is 12.7. The molecular weight excluding hydrogens is 368 g/mol. The number of hydrogen-bond donors (Lipinski definition) is 6. The van der Waals surface area contributed by atoms with Crippen molar-refractivity contribution >= 4 is 23.9 Å². The topological polar surface area (TPSA) is 203 Å². The Morgan fingerprint density at radius 3 is 1.33 bits per heavy atom. The Hall–Kier alpha value is -3.70. The molecule has 0 unspecified atom stereocenters. The number of aliphatic hydroxyl groups excluding tert-OH is 2. The van der Waals surface area contributed by atoms with E-state index < -0.39 is 29.6 Å². The Bertz CT molecular complexity index is 728. The van der Waals surface area contributed by atoms with Crippen LogP contribution in [0.5, 0.6) is 0 Å². The van der Waals surface area contributed by atoms with Crippen molar-refractivity contribution in [1.82, 2.24) is 0 Å². The number of hydrogen-bond acceptors (Lipinski definition) is 7. The van der Waals surface area contributed by atoms with Crippen LogP contribution in [-0.2, 0) is 0 Å². The monoisotopic (exact) mass is 384 g/mol. The van der Waals surface area contributed by atoms with Gasteiger partial charge in [0.2, 0.25) is 5.76 Å². The van der Waals surface area contributed by atoms with E-state index in [0.29, 0.717) is 0 Å². The van der Waals surface area contributed by atoms with Crippen LogP contribution in [0.15, 0.2) is 41.0 Å². The first-order valence-electron chi connectivity index (χ1n) is 6.98. The maximum atomic E-state index is 10.5. The van der Waals surface area contributed by atoms with Crippen molar-refractivity contribution in [2.75, 3.05) is 13.2 Å². The predicted octanol–water partition coefficient (Wildman–Crippen LogP) is 0.730. The van der Waals surface area contributed by atoms with Gasteiger partial charge in [0.25, 0.3) is 0 Å². The molecule has 0 saturated carbocycles. The van der Waals surface area contributed by atoms with Crippen LogP contribution in [0.25, 0.3) is 0 Å². The lowest BCUT2D eigenvalue weighted by Crippen LogP contribution is -2.06. The minimum absolute atomic E-state index is 0.125. The average molecular weight is 384 g/mol. The third kappa shape index (κ3) is 7.81. The molecule has 0 fully saturated rings. The van der Waals surface area contributed by atoms with Gasteiger partial charge in [-0.25, -0.2) is 19.2 Å². The molecule has 1 heterocycles. The minimum atomic E-state index is -1.38. The molecule has 146 valence electrons. The fraction of sp³-hybridized carbons (Fsp3) is 0.125. The first kappa shape index (κ1) is 23.3. The van der Waals surface area contributed by atoms with Gasteiger partial charge < -0.3 is 35.1 Å². The van der Waals surface area contributed by atoms with Crippen LogP contribution in [-0.4, -0.2) is 67.7 Å². The van der Waals surface area contributed by atoms with Gasteiger partial charge in [-0.2, -0.15) is 0 Å². The summed E-state index contributed by atoms with van der Waals surface area (Å²) < 4.78 is 4.41. The molecule has 27 heavy (non-hydrogen) atoms. The number of aromatic carboxylic acids is 4. The van der Waals surface area contributed by atoms with E-state index in [1.807, 2.05) is 0 Å². The normalized spacial score (nSPS) is 9.11. The Labute approximate surface area is 151 Å². The molecule has 2 rings (SSSR count). The average Bonchev–Trinajstić information content (AvgIpc) is 3.13. The second-order valence-corrected chi connectivity index (χ2v) is 4.38. The van der Waals surface area contributed by atoms with Crippen LogP contribution in [0.4, 0.5) is 0 Å². The summed E-state index contributed by atoms with van der Waals surface area (Å²) in [6, 6.07) is 6.56. The molecule has 0 atom stereocenters. The zero-order chi connectivity index (χ0) is 21.0. The van der Waals surface area contributed by atoms with E-state index in [2.05, 4.69) is 4.42 Å². The molecule has 6 N–H and O–H groups in total. The summed E-state index contributed by atoms with van der Waals surface area (Å²) in [5.74, 6) is -5.69. The van der Waals surface area contributed by atoms with E-state index in [1.54, 1.807) is 0 Å². The Morgan fingerprint density at radius 1 is 0.667 bits per heavy atom. The molecule has 2 aromatic rings. The third-order valence-electron chi connectivity index (χ3n) is 2.58. The summed E-state index contributed by atoms with van der Waals surface area (Å²) in [5.41, 5.74) is -0.715. The molecule has 1 aromatic carbocycles. The lowest BCUT2D eigenvalue weighted by atomic mass is 10.1. The van der Waals surface area contributed by atoms with E-state index in [1.165, 1.54) is 24.3 Å². The van der Waals surface area contributed by atoms with Crippen LogP contribution in [0.1, 0.15) is 41.6 Å². The summed E-state index contributed by atoms with van der Waals surface area (Å²) in [7, 11) is 0. The maximum Gasteiger partial charge on any atom is 0.372 e. The number of carboxylic acids is 4. The van der Waals surface area contributed by atoms with Crippen molar-refractivity contribution in [3.8, 4) is 0 Å². The molecule has 0 radical (unpaired) electrons. The number of benzene rings is 1. The summed E-state index contributed by atoms with van der Waals surface area (Å²) in [5, 5.41) is 49.1. The number of aliphatic hydroxyl groups is 2. The minimum Gasteiger partial charge on any atom is -0.478 e. The van der Waals surface area contributed by atoms with Gasteiger partial charge in [0, 0.05) is 0 Å². The lowest BCUT2D eigenvalue weighted by Gasteiger charge is -1.98. The molecule has 1 aromatic heterocycles. The van der Waals surface area contributed by atoms with E-state index >= 15 is 0 Å².